The highest BCUT2D eigenvalue weighted by Gasteiger charge is 2.13. The molecule has 86 valence electrons. The number of likely N-dealkylation sites (N-methyl/N-ethyl adjacent to an activating group) is 1. The summed E-state index contributed by atoms with van der Waals surface area (Å²) >= 11 is 1.64. The first kappa shape index (κ1) is 12.6. The number of nitrogens with two attached hydrogens (primary N) is 1. The Labute approximate surface area is 96.3 Å². The predicted octanol–water partition coefficient (Wildman–Crippen LogP) is 1.95. The van der Waals surface area contributed by atoms with Crippen molar-refractivity contribution in [1.29, 1.82) is 0 Å². The van der Waals surface area contributed by atoms with Crippen molar-refractivity contribution in [3.05, 3.63) is 16.6 Å². The second kappa shape index (κ2) is 6.20. The Hall–Kier alpha value is -0.450. The van der Waals surface area contributed by atoms with Crippen LogP contribution in [0.1, 0.15) is 26.0 Å². The van der Waals surface area contributed by atoms with Crippen LogP contribution >= 0.6 is 11.3 Å². The minimum atomic E-state index is 0.263. The maximum Gasteiger partial charge on any atom is 0.0795 e. The van der Waals surface area contributed by atoms with Gasteiger partial charge in [-0.3, -0.25) is 4.90 Å². The Balaban J connectivity index is 2.32. The number of thiazole rings is 1. The summed E-state index contributed by atoms with van der Waals surface area (Å²) in [6.45, 7) is 6.23. The molecule has 1 rings (SSSR count). The lowest BCUT2D eigenvalue weighted by Crippen LogP contribution is -2.39. The van der Waals surface area contributed by atoms with Crippen LogP contribution in [0, 0.1) is 5.92 Å². The van der Waals surface area contributed by atoms with Gasteiger partial charge in [0.1, 0.15) is 0 Å². The number of aromatic nitrogens is 1. The largest absolute Gasteiger partial charge is 0.326 e. The van der Waals surface area contributed by atoms with E-state index in [1.165, 1.54) is 0 Å². The van der Waals surface area contributed by atoms with Crippen LogP contribution in [-0.4, -0.2) is 29.5 Å². The van der Waals surface area contributed by atoms with E-state index >= 15 is 0 Å². The number of hydrogen-bond donors (Lipinski definition) is 1. The zero-order chi connectivity index (χ0) is 11.3. The molecule has 3 nitrogen and oxygen atoms in total. The molecule has 1 aromatic heterocycles. The molecule has 2 atom stereocenters. The number of nitrogens with zero attached hydrogens (tertiary/aromatic N) is 2. The van der Waals surface area contributed by atoms with Crippen LogP contribution in [-0.2, 0) is 6.54 Å². The van der Waals surface area contributed by atoms with Crippen molar-refractivity contribution in [2.24, 2.45) is 11.7 Å². The molecule has 0 aliphatic carbocycles. The molecule has 2 unspecified atom stereocenters. The fraction of sp³-hybridized carbons (Fsp3) is 0.727. The molecule has 0 bridgehead atoms. The summed E-state index contributed by atoms with van der Waals surface area (Å²) in [5, 5.41) is 2.09. The van der Waals surface area contributed by atoms with Gasteiger partial charge in [0.25, 0.3) is 0 Å². The second-order valence-electron chi connectivity index (χ2n) is 4.23. The Kier molecular flexibility index (Phi) is 5.22. The first-order valence-electron chi connectivity index (χ1n) is 5.44. The van der Waals surface area contributed by atoms with Crippen LogP contribution < -0.4 is 5.73 Å². The summed E-state index contributed by atoms with van der Waals surface area (Å²) in [6.07, 6.45) is 1.14. The monoisotopic (exact) mass is 227 g/mol. The van der Waals surface area contributed by atoms with Crippen LogP contribution in [0.25, 0.3) is 0 Å². The molecule has 4 heteroatoms. The van der Waals surface area contributed by atoms with Crippen molar-refractivity contribution in [2.75, 3.05) is 13.6 Å². The lowest BCUT2D eigenvalue weighted by atomic mass is 10.00. The topological polar surface area (TPSA) is 42.1 Å². The predicted molar refractivity (Wildman–Crippen MR) is 65.9 cm³/mol. The van der Waals surface area contributed by atoms with Gasteiger partial charge in [0, 0.05) is 24.5 Å². The molecule has 15 heavy (non-hydrogen) atoms. The van der Waals surface area contributed by atoms with Crippen LogP contribution in [0.3, 0.4) is 0 Å². The minimum Gasteiger partial charge on any atom is -0.326 e. The van der Waals surface area contributed by atoms with Crippen molar-refractivity contribution in [3.8, 4) is 0 Å². The molecule has 0 saturated heterocycles. The molecular formula is C11H21N3S. The molecule has 0 aliphatic heterocycles. The van der Waals surface area contributed by atoms with E-state index in [9.17, 15) is 0 Å². The fourth-order valence-corrected chi connectivity index (χ4v) is 2.05. The van der Waals surface area contributed by atoms with Gasteiger partial charge >= 0.3 is 0 Å². The number of rotatable bonds is 6. The van der Waals surface area contributed by atoms with Gasteiger partial charge in [-0.15, -0.1) is 11.3 Å². The Morgan fingerprint density at radius 1 is 1.60 bits per heavy atom. The van der Waals surface area contributed by atoms with E-state index in [2.05, 4.69) is 36.2 Å². The molecular weight excluding hydrogens is 206 g/mol. The van der Waals surface area contributed by atoms with Crippen molar-refractivity contribution in [2.45, 2.75) is 32.9 Å². The molecule has 0 aromatic carbocycles. The SMILES string of the molecule is CCC(C)C(N)CN(C)Cc1cscn1. The van der Waals surface area contributed by atoms with Crippen molar-refractivity contribution in [1.82, 2.24) is 9.88 Å². The van der Waals surface area contributed by atoms with Crippen LogP contribution in [0.5, 0.6) is 0 Å². The van der Waals surface area contributed by atoms with E-state index in [0.29, 0.717) is 5.92 Å². The van der Waals surface area contributed by atoms with E-state index < -0.39 is 0 Å². The van der Waals surface area contributed by atoms with Gasteiger partial charge in [-0.1, -0.05) is 20.3 Å². The lowest BCUT2D eigenvalue weighted by molar-refractivity contribution is 0.265. The second-order valence-corrected chi connectivity index (χ2v) is 4.94. The van der Waals surface area contributed by atoms with E-state index in [4.69, 9.17) is 5.73 Å². The van der Waals surface area contributed by atoms with Gasteiger partial charge in [-0.2, -0.15) is 0 Å². The Bertz CT molecular complexity index is 261. The maximum atomic E-state index is 6.10. The van der Waals surface area contributed by atoms with E-state index in [-0.39, 0.29) is 6.04 Å². The molecule has 1 aromatic rings. The van der Waals surface area contributed by atoms with Crippen molar-refractivity contribution in [3.63, 3.8) is 0 Å². The molecule has 0 saturated carbocycles. The molecule has 0 amide bonds. The first-order chi connectivity index (χ1) is 7.13. The van der Waals surface area contributed by atoms with Gasteiger partial charge in [0.05, 0.1) is 11.2 Å². The molecule has 1 heterocycles. The summed E-state index contributed by atoms with van der Waals surface area (Å²) in [4.78, 5) is 6.51. The molecule has 2 N–H and O–H groups in total. The quantitative estimate of drug-likeness (QED) is 0.807. The van der Waals surface area contributed by atoms with Gasteiger partial charge in [-0.05, 0) is 13.0 Å². The highest BCUT2D eigenvalue weighted by atomic mass is 32.1. The summed E-state index contributed by atoms with van der Waals surface area (Å²) in [7, 11) is 2.10. The molecule has 0 fully saturated rings. The Morgan fingerprint density at radius 3 is 2.87 bits per heavy atom. The third kappa shape index (κ3) is 4.28. The molecule has 0 spiro atoms. The number of hydrogen-bond acceptors (Lipinski definition) is 4. The molecule has 0 radical (unpaired) electrons. The normalized spacial score (nSPS) is 15.5. The smallest absolute Gasteiger partial charge is 0.0795 e. The summed E-state index contributed by atoms with van der Waals surface area (Å²) < 4.78 is 0. The molecule has 0 aliphatic rings. The van der Waals surface area contributed by atoms with E-state index in [1.807, 2.05) is 5.51 Å². The van der Waals surface area contributed by atoms with Crippen LogP contribution in [0.15, 0.2) is 10.9 Å². The average Bonchev–Trinajstić information content (AvgIpc) is 2.68. The summed E-state index contributed by atoms with van der Waals surface area (Å²) in [5.41, 5.74) is 9.11. The Morgan fingerprint density at radius 2 is 2.33 bits per heavy atom. The standard InChI is InChI=1S/C11H21N3S/c1-4-9(2)11(12)6-14(3)5-10-7-15-8-13-10/h7-9,11H,4-6,12H2,1-3H3. The van der Waals surface area contributed by atoms with Gasteiger partial charge in [0.2, 0.25) is 0 Å². The van der Waals surface area contributed by atoms with Crippen LogP contribution in [0.2, 0.25) is 0 Å². The zero-order valence-electron chi connectivity index (χ0n) is 9.81. The lowest BCUT2D eigenvalue weighted by Gasteiger charge is -2.24. The third-order valence-corrected chi connectivity index (χ3v) is 3.45. The third-order valence-electron chi connectivity index (χ3n) is 2.81. The van der Waals surface area contributed by atoms with E-state index in [1.54, 1.807) is 11.3 Å². The van der Waals surface area contributed by atoms with Gasteiger partial charge < -0.3 is 5.73 Å². The fourth-order valence-electron chi connectivity index (χ4n) is 1.50. The highest BCUT2D eigenvalue weighted by molar-refractivity contribution is 7.07. The minimum absolute atomic E-state index is 0.263. The summed E-state index contributed by atoms with van der Waals surface area (Å²) in [5.74, 6) is 0.586. The van der Waals surface area contributed by atoms with E-state index in [0.717, 1.165) is 25.2 Å². The van der Waals surface area contributed by atoms with Gasteiger partial charge in [-0.25, -0.2) is 4.98 Å². The van der Waals surface area contributed by atoms with Crippen LogP contribution in [0.4, 0.5) is 0 Å². The highest BCUT2D eigenvalue weighted by Crippen LogP contribution is 2.09. The first-order valence-corrected chi connectivity index (χ1v) is 6.39. The van der Waals surface area contributed by atoms with Crippen molar-refractivity contribution < 1.29 is 0 Å². The van der Waals surface area contributed by atoms with Gasteiger partial charge in [0.15, 0.2) is 0 Å². The van der Waals surface area contributed by atoms with Crippen molar-refractivity contribution >= 4 is 11.3 Å². The summed E-state index contributed by atoms with van der Waals surface area (Å²) in [6, 6.07) is 0.263. The zero-order valence-corrected chi connectivity index (χ0v) is 10.6. The average molecular weight is 227 g/mol. The maximum absolute atomic E-state index is 6.10.